The highest BCUT2D eigenvalue weighted by atomic mass is 79.9. The van der Waals surface area contributed by atoms with E-state index in [1.807, 2.05) is 23.6 Å². The van der Waals surface area contributed by atoms with Crippen LogP contribution in [0.5, 0.6) is 0 Å². The molecule has 1 heterocycles. The lowest BCUT2D eigenvalue weighted by molar-refractivity contribution is 0.601. The molecule has 20 heavy (non-hydrogen) atoms. The van der Waals surface area contributed by atoms with Crippen molar-refractivity contribution >= 4 is 53.1 Å². The zero-order chi connectivity index (χ0) is 14.2. The van der Waals surface area contributed by atoms with Gasteiger partial charge in [-0.2, -0.15) is 0 Å². The number of rotatable bonds is 3. The van der Waals surface area contributed by atoms with Crippen molar-refractivity contribution in [1.82, 2.24) is 0 Å². The van der Waals surface area contributed by atoms with Crippen molar-refractivity contribution in [3.63, 3.8) is 0 Å². The van der Waals surface area contributed by atoms with E-state index in [2.05, 4.69) is 20.7 Å². The van der Waals surface area contributed by atoms with E-state index < -0.39 is 10.0 Å². The molecule has 0 amide bonds. The maximum Gasteiger partial charge on any atom is 0.261 e. The zero-order valence-electron chi connectivity index (χ0n) is 10.2. The minimum absolute atomic E-state index is 0.234. The number of anilines is 1. The second-order valence-corrected chi connectivity index (χ2v) is 7.78. The number of hydrogen-bond donors (Lipinski definition) is 1. The highest BCUT2D eigenvalue weighted by molar-refractivity contribution is 9.10. The van der Waals surface area contributed by atoms with E-state index in [0.29, 0.717) is 5.69 Å². The van der Waals surface area contributed by atoms with Crippen LogP contribution in [0.1, 0.15) is 0 Å². The van der Waals surface area contributed by atoms with Gasteiger partial charge in [0.05, 0.1) is 4.90 Å². The zero-order valence-corrected chi connectivity index (χ0v) is 13.4. The van der Waals surface area contributed by atoms with Gasteiger partial charge in [0, 0.05) is 14.9 Å². The van der Waals surface area contributed by atoms with E-state index in [0.717, 1.165) is 14.6 Å². The molecule has 3 rings (SSSR count). The molecule has 0 spiro atoms. The summed E-state index contributed by atoms with van der Waals surface area (Å²) < 4.78 is 29.1. The van der Waals surface area contributed by atoms with Crippen molar-refractivity contribution < 1.29 is 8.42 Å². The summed E-state index contributed by atoms with van der Waals surface area (Å²) in [5.74, 6) is 0. The summed E-state index contributed by atoms with van der Waals surface area (Å²) in [6.07, 6.45) is 0. The van der Waals surface area contributed by atoms with E-state index in [9.17, 15) is 8.42 Å². The second kappa shape index (κ2) is 5.20. The van der Waals surface area contributed by atoms with Gasteiger partial charge in [-0.05, 0) is 53.2 Å². The summed E-state index contributed by atoms with van der Waals surface area (Å²) in [6, 6.07) is 14.1. The number of nitrogens with one attached hydrogen (secondary N) is 1. The molecule has 6 heteroatoms. The summed E-state index contributed by atoms with van der Waals surface area (Å²) in [4.78, 5) is 0.234. The van der Waals surface area contributed by atoms with Gasteiger partial charge in [-0.1, -0.05) is 22.0 Å². The molecule has 2 aromatic carbocycles. The molecular weight excluding hydrogens is 358 g/mol. The van der Waals surface area contributed by atoms with Gasteiger partial charge in [0.15, 0.2) is 0 Å². The average molecular weight is 368 g/mol. The molecule has 0 saturated carbocycles. The van der Waals surface area contributed by atoms with Gasteiger partial charge in [-0.25, -0.2) is 8.42 Å². The van der Waals surface area contributed by atoms with E-state index >= 15 is 0 Å². The van der Waals surface area contributed by atoms with E-state index in [4.69, 9.17) is 0 Å². The molecule has 0 aliphatic heterocycles. The van der Waals surface area contributed by atoms with Crippen LogP contribution in [0, 0.1) is 0 Å². The largest absolute Gasteiger partial charge is 0.280 e. The standard InChI is InChI=1S/C14H10BrNO2S2/c15-11-2-1-3-13(9-11)20(17,18)16-12-4-5-14-10(8-12)6-7-19-14/h1-9,16H. The first kappa shape index (κ1) is 13.6. The summed E-state index contributed by atoms with van der Waals surface area (Å²) in [5.41, 5.74) is 0.566. The maximum absolute atomic E-state index is 12.3. The van der Waals surface area contributed by atoms with Crippen LogP contribution in [0.4, 0.5) is 5.69 Å². The van der Waals surface area contributed by atoms with Gasteiger partial charge in [0.1, 0.15) is 0 Å². The normalized spacial score (nSPS) is 11.7. The molecule has 0 radical (unpaired) electrons. The molecule has 0 saturated heterocycles. The third-order valence-corrected chi connectivity index (χ3v) is 5.58. The average Bonchev–Trinajstić information content (AvgIpc) is 2.85. The monoisotopic (exact) mass is 367 g/mol. The molecule has 0 aliphatic rings. The molecule has 0 unspecified atom stereocenters. The van der Waals surface area contributed by atoms with Crippen molar-refractivity contribution in [1.29, 1.82) is 0 Å². The van der Waals surface area contributed by atoms with Crippen LogP contribution in [-0.4, -0.2) is 8.42 Å². The lowest BCUT2D eigenvalue weighted by Crippen LogP contribution is -2.12. The fourth-order valence-electron chi connectivity index (χ4n) is 1.88. The molecule has 102 valence electrons. The van der Waals surface area contributed by atoms with E-state index in [1.54, 1.807) is 41.7 Å². The molecule has 0 atom stereocenters. The highest BCUT2D eigenvalue weighted by Crippen LogP contribution is 2.26. The minimum atomic E-state index is -3.56. The van der Waals surface area contributed by atoms with Crippen LogP contribution in [0.15, 0.2) is 63.3 Å². The number of sulfonamides is 1. The Bertz CT molecular complexity index is 872. The molecule has 0 bridgehead atoms. The Hall–Kier alpha value is -1.37. The number of benzene rings is 2. The van der Waals surface area contributed by atoms with Crippen molar-refractivity contribution in [3.05, 3.63) is 58.4 Å². The summed E-state index contributed by atoms with van der Waals surface area (Å²) in [5, 5.41) is 3.02. The number of fused-ring (bicyclic) bond motifs is 1. The molecule has 1 N–H and O–H groups in total. The molecule has 3 aromatic rings. The van der Waals surface area contributed by atoms with Crippen LogP contribution in [0.3, 0.4) is 0 Å². The quantitative estimate of drug-likeness (QED) is 0.742. The fraction of sp³-hybridized carbons (Fsp3) is 0. The number of halogens is 1. The van der Waals surface area contributed by atoms with Gasteiger partial charge < -0.3 is 0 Å². The number of thiophene rings is 1. The van der Waals surface area contributed by atoms with Crippen LogP contribution in [0.25, 0.3) is 10.1 Å². The Labute approximate surface area is 129 Å². The lowest BCUT2D eigenvalue weighted by Gasteiger charge is -2.08. The van der Waals surface area contributed by atoms with Crippen molar-refractivity contribution in [2.24, 2.45) is 0 Å². The minimum Gasteiger partial charge on any atom is -0.280 e. The van der Waals surface area contributed by atoms with Gasteiger partial charge in [0.25, 0.3) is 10.0 Å². The van der Waals surface area contributed by atoms with E-state index in [-0.39, 0.29) is 4.90 Å². The summed E-state index contributed by atoms with van der Waals surface area (Å²) in [7, 11) is -3.56. The van der Waals surface area contributed by atoms with Gasteiger partial charge in [-0.3, -0.25) is 4.72 Å². The topological polar surface area (TPSA) is 46.2 Å². The fourth-order valence-corrected chi connectivity index (χ4v) is 4.30. The predicted molar refractivity (Wildman–Crippen MR) is 86.8 cm³/mol. The third kappa shape index (κ3) is 2.72. The second-order valence-electron chi connectivity index (χ2n) is 4.24. The van der Waals surface area contributed by atoms with Crippen LogP contribution in [-0.2, 0) is 10.0 Å². The first-order chi connectivity index (χ1) is 9.54. The highest BCUT2D eigenvalue weighted by Gasteiger charge is 2.14. The van der Waals surface area contributed by atoms with Crippen molar-refractivity contribution in [2.75, 3.05) is 4.72 Å². The smallest absolute Gasteiger partial charge is 0.261 e. The first-order valence-corrected chi connectivity index (χ1v) is 8.96. The van der Waals surface area contributed by atoms with Gasteiger partial charge >= 0.3 is 0 Å². The Morgan fingerprint density at radius 2 is 1.90 bits per heavy atom. The van der Waals surface area contributed by atoms with Crippen LogP contribution in [0.2, 0.25) is 0 Å². The summed E-state index contributed by atoms with van der Waals surface area (Å²) in [6.45, 7) is 0. The molecule has 0 fully saturated rings. The number of hydrogen-bond acceptors (Lipinski definition) is 3. The first-order valence-electron chi connectivity index (χ1n) is 5.80. The molecule has 3 nitrogen and oxygen atoms in total. The predicted octanol–water partition coefficient (Wildman–Crippen LogP) is 4.46. The van der Waals surface area contributed by atoms with Crippen molar-refractivity contribution in [2.45, 2.75) is 4.90 Å². The Kier molecular flexibility index (Phi) is 3.54. The van der Waals surface area contributed by atoms with Crippen molar-refractivity contribution in [3.8, 4) is 0 Å². The Balaban J connectivity index is 1.96. The lowest BCUT2D eigenvalue weighted by atomic mass is 10.2. The molecule has 1 aromatic heterocycles. The summed E-state index contributed by atoms with van der Waals surface area (Å²) >= 11 is 4.91. The Morgan fingerprint density at radius 3 is 2.70 bits per heavy atom. The van der Waals surface area contributed by atoms with Gasteiger partial charge in [-0.15, -0.1) is 11.3 Å². The molecular formula is C14H10BrNO2S2. The van der Waals surface area contributed by atoms with Gasteiger partial charge in [0.2, 0.25) is 0 Å². The maximum atomic E-state index is 12.3. The van der Waals surface area contributed by atoms with Crippen LogP contribution >= 0.6 is 27.3 Å². The SMILES string of the molecule is O=S(=O)(Nc1ccc2sccc2c1)c1cccc(Br)c1. The third-order valence-electron chi connectivity index (χ3n) is 2.81. The Morgan fingerprint density at radius 1 is 1.05 bits per heavy atom. The van der Waals surface area contributed by atoms with Crippen LogP contribution < -0.4 is 4.72 Å². The van der Waals surface area contributed by atoms with E-state index in [1.165, 1.54) is 0 Å². The molecule has 0 aliphatic carbocycles.